The fourth-order valence-electron chi connectivity index (χ4n) is 0.552. The van der Waals surface area contributed by atoms with Crippen molar-refractivity contribution in [2.24, 2.45) is 5.73 Å². The summed E-state index contributed by atoms with van der Waals surface area (Å²) in [5.74, 6) is 0. The van der Waals surface area contributed by atoms with Gasteiger partial charge in [0.05, 0.1) is 0 Å². The van der Waals surface area contributed by atoms with Crippen LogP contribution in [0.3, 0.4) is 0 Å². The fourth-order valence-corrected chi connectivity index (χ4v) is 0.552. The van der Waals surface area contributed by atoms with Crippen LogP contribution in [-0.2, 0) is 0 Å². The van der Waals surface area contributed by atoms with Crippen molar-refractivity contribution in [1.82, 2.24) is 0 Å². The van der Waals surface area contributed by atoms with Crippen LogP contribution in [0.1, 0.15) is 26.2 Å². The van der Waals surface area contributed by atoms with Gasteiger partial charge in [-0.1, -0.05) is 19.9 Å². The molecule has 3 N–H and O–H groups in total. The Hall–Kier alpha value is -0.340. The van der Waals surface area contributed by atoms with Crippen molar-refractivity contribution in [3.63, 3.8) is 0 Å². The summed E-state index contributed by atoms with van der Waals surface area (Å²) in [5.41, 5.74) is 5.87. The van der Waals surface area contributed by atoms with E-state index >= 15 is 0 Å². The maximum absolute atomic E-state index is 8.73. The van der Waals surface area contributed by atoms with Gasteiger partial charge in [0.25, 0.3) is 0 Å². The van der Waals surface area contributed by atoms with Gasteiger partial charge in [0.15, 0.2) is 0 Å². The summed E-state index contributed by atoms with van der Waals surface area (Å²) < 4.78 is 0. The highest BCUT2D eigenvalue weighted by Crippen LogP contribution is 2.05. The number of hydrogen-bond donors (Lipinski definition) is 2. The molecule has 0 heterocycles. The molecule has 0 aromatic heterocycles. The van der Waals surface area contributed by atoms with Crippen molar-refractivity contribution in [2.75, 3.05) is 0 Å². The Morgan fingerprint density at radius 3 is 2.67 bits per heavy atom. The molecule has 0 bridgehead atoms. The van der Waals surface area contributed by atoms with Gasteiger partial charge in [-0.05, 0) is 18.4 Å². The molecule has 0 amide bonds. The molecule has 2 heteroatoms. The summed E-state index contributed by atoms with van der Waals surface area (Å²) in [6.45, 7) is 5.71. The summed E-state index contributed by atoms with van der Waals surface area (Å²) in [7, 11) is 0. The Morgan fingerprint density at radius 2 is 2.33 bits per heavy atom. The van der Waals surface area contributed by atoms with Crippen LogP contribution in [0.2, 0.25) is 0 Å². The SMILES string of the molecule is C=C(CCCC)C(N)O. The summed E-state index contributed by atoms with van der Waals surface area (Å²) >= 11 is 0. The zero-order chi connectivity index (χ0) is 7.28. The maximum Gasteiger partial charge on any atom is 0.124 e. The molecule has 0 spiro atoms. The fraction of sp³-hybridized carbons (Fsp3) is 0.714. The van der Waals surface area contributed by atoms with Crippen molar-refractivity contribution in [1.29, 1.82) is 0 Å². The first-order chi connectivity index (χ1) is 4.18. The van der Waals surface area contributed by atoms with E-state index in [1.165, 1.54) is 0 Å². The van der Waals surface area contributed by atoms with Crippen molar-refractivity contribution >= 4 is 0 Å². The molecule has 1 atom stereocenters. The van der Waals surface area contributed by atoms with E-state index in [9.17, 15) is 0 Å². The van der Waals surface area contributed by atoms with Crippen LogP contribution >= 0.6 is 0 Å². The lowest BCUT2D eigenvalue weighted by molar-refractivity contribution is 0.214. The molecule has 9 heavy (non-hydrogen) atoms. The maximum atomic E-state index is 8.73. The third-order valence-electron chi connectivity index (χ3n) is 1.27. The topological polar surface area (TPSA) is 46.2 Å². The van der Waals surface area contributed by atoms with Crippen LogP contribution in [0.4, 0.5) is 0 Å². The van der Waals surface area contributed by atoms with Crippen molar-refractivity contribution in [3.8, 4) is 0 Å². The minimum atomic E-state index is -0.823. The molecular weight excluding hydrogens is 114 g/mol. The number of aliphatic hydroxyl groups is 1. The molecule has 0 rings (SSSR count). The van der Waals surface area contributed by atoms with E-state index in [1.807, 2.05) is 0 Å². The lowest BCUT2D eigenvalue weighted by Crippen LogP contribution is -2.20. The first-order valence-electron chi connectivity index (χ1n) is 3.29. The summed E-state index contributed by atoms with van der Waals surface area (Å²) in [6.07, 6.45) is 2.20. The summed E-state index contributed by atoms with van der Waals surface area (Å²) in [4.78, 5) is 0. The Morgan fingerprint density at radius 1 is 1.78 bits per heavy atom. The highest BCUT2D eigenvalue weighted by atomic mass is 16.3. The van der Waals surface area contributed by atoms with Crippen LogP contribution in [0, 0.1) is 0 Å². The zero-order valence-corrected chi connectivity index (χ0v) is 5.93. The van der Waals surface area contributed by atoms with Gasteiger partial charge in [-0.25, -0.2) is 0 Å². The molecule has 0 aliphatic carbocycles. The highest BCUT2D eigenvalue weighted by molar-refractivity contribution is 4.98. The van der Waals surface area contributed by atoms with Gasteiger partial charge in [-0.2, -0.15) is 0 Å². The molecule has 1 unspecified atom stereocenters. The third kappa shape index (κ3) is 4.18. The smallest absolute Gasteiger partial charge is 0.124 e. The Balaban J connectivity index is 3.28. The quantitative estimate of drug-likeness (QED) is 0.439. The Labute approximate surface area is 56.4 Å². The lowest BCUT2D eigenvalue weighted by Gasteiger charge is -2.05. The normalized spacial score (nSPS) is 13.2. The van der Waals surface area contributed by atoms with E-state index < -0.39 is 6.23 Å². The van der Waals surface area contributed by atoms with Crippen LogP contribution in [0.5, 0.6) is 0 Å². The van der Waals surface area contributed by atoms with Gasteiger partial charge in [0.1, 0.15) is 6.23 Å². The molecule has 54 valence electrons. The van der Waals surface area contributed by atoms with E-state index in [0.717, 1.165) is 24.8 Å². The molecule has 0 aromatic rings. The van der Waals surface area contributed by atoms with Crippen LogP contribution in [0.15, 0.2) is 12.2 Å². The number of unbranched alkanes of at least 4 members (excludes halogenated alkanes) is 1. The number of rotatable bonds is 4. The molecule has 0 saturated carbocycles. The first-order valence-corrected chi connectivity index (χ1v) is 3.29. The van der Waals surface area contributed by atoms with Gasteiger partial charge in [-0.15, -0.1) is 0 Å². The molecule has 0 aliphatic rings. The standard InChI is InChI=1S/C7H15NO/c1-3-4-5-6(2)7(8)9/h7,9H,2-5,8H2,1H3. The van der Waals surface area contributed by atoms with Crippen LogP contribution in [-0.4, -0.2) is 11.3 Å². The van der Waals surface area contributed by atoms with E-state index in [-0.39, 0.29) is 0 Å². The van der Waals surface area contributed by atoms with Crippen molar-refractivity contribution in [2.45, 2.75) is 32.4 Å². The third-order valence-corrected chi connectivity index (χ3v) is 1.27. The average molecular weight is 129 g/mol. The number of nitrogens with two attached hydrogens (primary N) is 1. The van der Waals surface area contributed by atoms with Crippen molar-refractivity contribution in [3.05, 3.63) is 12.2 Å². The van der Waals surface area contributed by atoms with Crippen LogP contribution < -0.4 is 5.73 Å². The van der Waals surface area contributed by atoms with Gasteiger partial charge >= 0.3 is 0 Å². The number of aliphatic hydroxyl groups excluding tert-OH is 1. The van der Waals surface area contributed by atoms with E-state index in [2.05, 4.69) is 13.5 Å². The van der Waals surface area contributed by atoms with Crippen molar-refractivity contribution < 1.29 is 5.11 Å². The largest absolute Gasteiger partial charge is 0.375 e. The Kier molecular flexibility index (Phi) is 4.36. The molecule has 2 nitrogen and oxygen atoms in total. The van der Waals surface area contributed by atoms with Gasteiger partial charge < -0.3 is 10.8 Å². The lowest BCUT2D eigenvalue weighted by atomic mass is 10.1. The van der Waals surface area contributed by atoms with Crippen LogP contribution in [0.25, 0.3) is 0 Å². The van der Waals surface area contributed by atoms with E-state index in [0.29, 0.717) is 0 Å². The Bertz CT molecular complexity index is 88.9. The van der Waals surface area contributed by atoms with Gasteiger partial charge in [-0.3, -0.25) is 0 Å². The highest BCUT2D eigenvalue weighted by Gasteiger charge is 1.99. The van der Waals surface area contributed by atoms with E-state index in [4.69, 9.17) is 10.8 Å². The zero-order valence-electron chi connectivity index (χ0n) is 5.93. The molecule has 0 saturated heterocycles. The predicted octanol–water partition coefficient (Wildman–Crippen LogP) is 1.01. The first kappa shape index (κ1) is 8.66. The second-order valence-electron chi connectivity index (χ2n) is 2.21. The second-order valence-corrected chi connectivity index (χ2v) is 2.21. The molecular formula is C7H15NO. The summed E-state index contributed by atoms with van der Waals surface area (Å²) in [6, 6.07) is 0. The van der Waals surface area contributed by atoms with Gasteiger partial charge in [0, 0.05) is 0 Å². The monoisotopic (exact) mass is 129 g/mol. The van der Waals surface area contributed by atoms with E-state index in [1.54, 1.807) is 0 Å². The molecule has 0 aromatic carbocycles. The number of hydrogen-bond acceptors (Lipinski definition) is 2. The minimum Gasteiger partial charge on any atom is -0.375 e. The predicted molar refractivity (Wildman–Crippen MR) is 38.9 cm³/mol. The second kappa shape index (κ2) is 4.53. The van der Waals surface area contributed by atoms with Gasteiger partial charge in [0.2, 0.25) is 0 Å². The molecule has 0 radical (unpaired) electrons. The molecule has 0 aliphatic heterocycles. The molecule has 0 fully saturated rings. The minimum absolute atomic E-state index is 0.733. The summed E-state index contributed by atoms with van der Waals surface area (Å²) in [5, 5.41) is 8.73. The average Bonchev–Trinajstić information content (AvgIpc) is 1.82.